The summed E-state index contributed by atoms with van der Waals surface area (Å²) in [6, 6.07) is 3.43. The predicted octanol–water partition coefficient (Wildman–Crippen LogP) is 2.26. The predicted molar refractivity (Wildman–Crippen MR) is 80.0 cm³/mol. The maximum Gasteiger partial charge on any atom is 0.410 e. The van der Waals surface area contributed by atoms with Crippen molar-refractivity contribution in [3.63, 3.8) is 0 Å². The molecule has 2 heterocycles. The highest BCUT2D eigenvalue weighted by atomic mass is 16.6. The number of rotatable bonds is 3. The van der Waals surface area contributed by atoms with Crippen LogP contribution in [0.4, 0.5) is 4.79 Å². The Balaban J connectivity index is 1.80. The summed E-state index contributed by atoms with van der Waals surface area (Å²) >= 11 is 0. The van der Waals surface area contributed by atoms with Crippen molar-refractivity contribution in [3.05, 3.63) is 12.1 Å². The normalized spacial score (nSPS) is 16.3. The molecule has 1 aliphatic rings. The molecule has 0 unspecified atom stereocenters. The van der Waals surface area contributed by atoms with Crippen molar-refractivity contribution < 1.29 is 19.0 Å². The smallest absolute Gasteiger partial charge is 0.410 e. The highest BCUT2D eigenvalue weighted by molar-refractivity contribution is 5.68. The quantitative estimate of drug-likeness (QED) is 0.852. The summed E-state index contributed by atoms with van der Waals surface area (Å²) in [4.78, 5) is 13.7. The van der Waals surface area contributed by atoms with E-state index in [9.17, 15) is 4.79 Å². The molecule has 1 aliphatic heterocycles. The second-order valence-electron chi connectivity index (χ2n) is 6.20. The van der Waals surface area contributed by atoms with Gasteiger partial charge in [0, 0.05) is 38.1 Å². The standard InChI is InChI=1S/C15H23N3O4/c1-15(2,3)22-14(19)18-9-7-11(8-10-18)21-13-6-5-12(20-4)16-17-13/h5-6,11H,7-10H2,1-4H3. The number of hydrogen-bond donors (Lipinski definition) is 0. The molecule has 0 aromatic carbocycles. The molecule has 0 bridgehead atoms. The van der Waals surface area contributed by atoms with E-state index in [1.165, 1.54) is 7.11 Å². The maximum atomic E-state index is 12.0. The van der Waals surface area contributed by atoms with Crippen molar-refractivity contribution in [3.8, 4) is 11.8 Å². The van der Waals surface area contributed by atoms with Gasteiger partial charge in [0.25, 0.3) is 0 Å². The topological polar surface area (TPSA) is 73.8 Å². The molecule has 1 amide bonds. The number of aromatic nitrogens is 2. The van der Waals surface area contributed by atoms with Crippen LogP contribution in [0.5, 0.6) is 11.8 Å². The van der Waals surface area contributed by atoms with E-state index in [1.807, 2.05) is 20.8 Å². The fraction of sp³-hybridized carbons (Fsp3) is 0.667. The first kappa shape index (κ1) is 16.3. The molecule has 0 saturated carbocycles. The first-order valence-electron chi connectivity index (χ1n) is 7.40. The van der Waals surface area contributed by atoms with Gasteiger partial charge in [-0.25, -0.2) is 4.79 Å². The third-order valence-corrected chi connectivity index (χ3v) is 3.21. The van der Waals surface area contributed by atoms with E-state index in [0.717, 1.165) is 12.8 Å². The van der Waals surface area contributed by atoms with Crippen molar-refractivity contribution in [1.82, 2.24) is 15.1 Å². The summed E-state index contributed by atoms with van der Waals surface area (Å²) in [5.74, 6) is 0.920. The highest BCUT2D eigenvalue weighted by Crippen LogP contribution is 2.19. The Morgan fingerprint density at radius 2 is 1.77 bits per heavy atom. The van der Waals surface area contributed by atoms with Crippen LogP contribution in [0.15, 0.2) is 12.1 Å². The minimum atomic E-state index is -0.469. The van der Waals surface area contributed by atoms with E-state index in [2.05, 4.69) is 10.2 Å². The molecule has 122 valence electrons. The molecule has 2 rings (SSSR count). The third kappa shape index (κ3) is 4.75. The van der Waals surface area contributed by atoms with Crippen LogP contribution in [0.25, 0.3) is 0 Å². The first-order chi connectivity index (χ1) is 10.4. The molecule has 0 atom stereocenters. The van der Waals surface area contributed by atoms with Crippen molar-refractivity contribution in [2.75, 3.05) is 20.2 Å². The summed E-state index contributed by atoms with van der Waals surface area (Å²) in [6.07, 6.45) is 1.25. The molecule has 1 fully saturated rings. The number of carbonyl (C=O) groups is 1. The fourth-order valence-corrected chi connectivity index (χ4v) is 2.13. The van der Waals surface area contributed by atoms with E-state index in [-0.39, 0.29) is 12.2 Å². The minimum absolute atomic E-state index is 0.0291. The summed E-state index contributed by atoms with van der Waals surface area (Å²) in [5, 5.41) is 7.81. The highest BCUT2D eigenvalue weighted by Gasteiger charge is 2.27. The van der Waals surface area contributed by atoms with Gasteiger partial charge in [-0.3, -0.25) is 0 Å². The van der Waals surface area contributed by atoms with Gasteiger partial charge in [0.05, 0.1) is 7.11 Å². The van der Waals surface area contributed by atoms with E-state index in [0.29, 0.717) is 24.8 Å². The lowest BCUT2D eigenvalue weighted by Gasteiger charge is -2.33. The van der Waals surface area contributed by atoms with E-state index < -0.39 is 5.60 Å². The molecule has 7 nitrogen and oxygen atoms in total. The van der Waals surface area contributed by atoms with Crippen molar-refractivity contribution >= 4 is 6.09 Å². The average Bonchev–Trinajstić information content (AvgIpc) is 2.47. The molecule has 0 N–H and O–H groups in total. The Kier molecular flexibility index (Phi) is 5.05. The van der Waals surface area contributed by atoms with Gasteiger partial charge in [-0.15, -0.1) is 10.2 Å². The van der Waals surface area contributed by atoms with Crippen LogP contribution in [0, 0.1) is 0 Å². The number of likely N-dealkylation sites (tertiary alicyclic amines) is 1. The molecule has 22 heavy (non-hydrogen) atoms. The van der Waals surface area contributed by atoms with Crippen molar-refractivity contribution in [2.24, 2.45) is 0 Å². The molecular weight excluding hydrogens is 286 g/mol. The van der Waals surface area contributed by atoms with Gasteiger partial charge in [0.15, 0.2) is 0 Å². The van der Waals surface area contributed by atoms with Gasteiger partial charge in [0.1, 0.15) is 11.7 Å². The van der Waals surface area contributed by atoms with E-state index >= 15 is 0 Å². The lowest BCUT2D eigenvalue weighted by molar-refractivity contribution is 0.0122. The largest absolute Gasteiger partial charge is 0.480 e. The number of methoxy groups -OCH3 is 1. The summed E-state index contributed by atoms with van der Waals surface area (Å²) in [6.45, 7) is 6.82. The maximum absolute atomic E-state index is 12.0. The average molecular weight is 309 g/mol. The molecule has 7 heteroatoms. The van der Waals surface area contributed by atoms with Crippen LogP contribution in [0.1, 0.15) is 33.6 Å². The Hall–Kier alpha value is -2.05. The summed E-state index contributed by atoms with van der Waals surface area (Å²) in [5.41, 5.74) is -0.469. The number of ether oxygens (including phenoxy) is 3. The zero-order valence-electron chi connectivity index (χ0n) is 13.5. The van der Waals surface area contributed by atoms with Gasteiger partial charge >= 0.3 is 6.09 Å². The lowest BCUT2D eigenvalue weighted by Crippen LogP contribution is -2.44. The Morgan fingerprint density at radius 3 is 2.27 bits per heavy atom. The summed E-state index contributed by atoms with van der Waals surface area (Å²) in [7, 11) is 1.54. The molecular formula is C15H23N3O4. The summed E-state index contributed by atoms with van der Waals surface area (Å²) < 4.78 is 16.1. The molecule has 0 spiro atoms. The van der Waals surface area contributed by atoms with Crippen LogP contribution < -0.4 is 9.47 Å². The van der Waals surface area contributed by atoms with Crippen molar-refractivity contribution in [1.29, 1.82) is 0 Å². The Bertz CT molecular complexity index is 491. The van der Waals surface area contributed by atoms with Crippen LogP contribution in [0.2, 0.25) is 0 Å². The lowest BCUT2D eigenvalue weighted by atomic mass is 10.1. The third-order valence-electron chi connectivity index (χ3n) is 3.21. The fourth-order valence-electron chi connectivity index (χ4n) is 2.13. The van der Waals surface area contributed by atoms with Crippen LogP contribution in [0.3, 0.4) is 0 Å². The zero-order valence-corrected chi connectivity index (χ0v) is 13.5. The van der Waals surface area contributed by atoms with Gasteiger partial charge in [-0.05, 0) is 20.8 Å². The zero-order chi connectivity index (χ0) is 16.2. The molecule has 0 radical (unpaired) electrons. The number of nitrogens with zero attached hydrogens (tertiary/aromatic N) is 3. The van der Waals surface area contributed by atoms with E-state index in [1.54, 1.807) is 17.0 Å². The second-order valence-corrected chi connectivity index (χ2v) is 6.20. The van der Waals surface area contributed by atoms with Gasteiger partial charge < -0.3 is 19.1 Å². The first-order valence-corrected chi connectivity index (χ1v) is 7.40. The van der Waals surface area contributed by atoms with Crippen LogP contribution in [-0.2, 0) is 4.74 Å². The molecule has 1 saturated heterocycles. The van der Waals surface area contributed by atoms with Crippen LogP contribution in [-0.4, -0.2) is 53.1 Å². The molecule has 1 aromatic rings. The number of carbonyl (C=O) groups excluding carboxylic acids is 1. The second kappa shape index (κ2) is 6.81. The monoisotopic (exact) mass is 309 g/mol. The Morgan fingerprint density at radius 1 is 1.18 bits per heavy atom. The molecule has 1 aromatic heterocycles. The van der Waals surface area contributed by atoms with Gasteiger partial charge in [-0.1, -0.05) is 0 Å². The minimum Gasteiger partial charge on any atom is -0.480 e. The van der Waals surface area contributed by atoms with Crippen LogP contribution >= 0.6 is 0 Å². The molecule has 0 aliphatic carbocycles. The van der Waals surface area contributed by atoms with Gasteiger partial charge in [0.2, 0.25) is 11.8 Å². The van der Waals surface area contributed by atoms with Gasteiger partial charge in [-0.2, -0.15) is 0 Å². The number of amides is 1. The Labute approximate surface area is 130 Å². The van der Waals surface area contributed by atoms with Crippen molar-refractivity contribution in [2.45, 2.75) is 45.3 Å². The number of piperidine rings is 1. The number of hydrogen-bond acceptors (Lipinski definition) is 6. The SMILES string of the molecule is COc1ccc(OC2CCN(C(=O)OC(C)(C)C)CC2)nn1. The van der Waals surface area contributed by atoms with E-state index in [4.69, 9.17) is 14.2 Å².